The van der Waals surface area contributed by atoms with Crippen LogP contribution in [0.2, 0.25) is 0 Å². The van der Waals surface area contributed by atoms with Crippen molar-refractivity contribution in [3.8, 4) is 57.3 Å². The molecule has 0 bridgehead atoms. The van der Waals surface area contributed by atoms with Crippen molar-refractivity contribution in [2.45, 2.75) is 6.92 Å². The van der Waals surface area contributed by atoms with Crippen molar-refractivity contribution >= 4 is 33.2 Å². The normalized spacial score (nSPS) is 10.8. The highest BCUT2D eigenvalue weighted by molar-refractivity contribution is 6.10. The van der Waals surface area contributed by atoms with Gasteiger partial charge < -0.3 is 9.88 Å². The van der Waals surface area contributed by atoms with E-state index < -0.39 is 0 Å². The summed E-state index contributed by atoms with van der Waals surface area (Å²) in [6.07, 6.45) is 0. The number of benzene rings is 7. The third kappa shape index (κ3) is 5.44. The van der Waals surface area contributed by atoms with E-state index >= 15 is 0 Å². The maximum Gasteiger partial charge on any atom is 0.0998 e. The van der Waals surface area contributed by atoms with E-state index in [1.807, 2.05) is 97.1 Å². The van der Waals surface area contributed by atoms with E-state index in [9.17, 15) is 15.8 Å². The number of hydrogen-bond acceptors (Lipinski definition) is 4. The molecule has 0 aliphatic rings. The van der Waals surface area contributed by atoms with Crippen molar-refractivity contribution in [3.63, 3.8) is 0 Å². The first-order valence-electron chi connectivity index (χ1n) is 16.6. The van der Waals surface area contributed by atoms with Crippen LogP contribution in [-0.2, 0) is 0 Å². The zero-order valence-corrected chi connectivity index (χ0v) is 27.7. The van der Waals surface area contributed by atoms with Crippen LogP contribution in [0.15, 0.2) is 152 Å². The summed E-state index contributed by atoms with van der Waals surface area (Å²) in [5.74, 6) is 0. The summed E-state index contributed by atoms with van der Waals surface area (Å²) in [5, 5.41) is 35.8. The Morgan fingerprint density at radius 1 is 0.451 bits per heavy atom. The SMILES string of the molecule is Cc1ccccc1-c1ccccc1Nc1ccccc1-c1cc(C#N)ccc1-c1cc(-n2c3ccccc3c3cc(C#N)ccc32)ccc1C#N. The zero-order valence-electron chi connectivity index (χ0n) is 27.7. The quantitative estimate of drug-likeness (QED) is 0.194. The molecule has 1 heterocycles. The lowest BCUT2D eigenvalue weighted by molar-refractivity contribution is 1.18. The molecule has 7 aromatic carbocycles. The maximum atomic E-state index is 10.4. The molecule has 51 heavy (non-hydrogen) atoms. The van der Waals surface area contributed by atoms with Crippen molar-refractivity contribution in [2.24, 2.45) is 0 Å². The van der Waals surface area contributed by atoms with Gasteiger partial charge in [0.1, 0.15) is 0 Å². The summed E-state index contributed by atoms with van der Waals surface area (Å²) in [5.41, 5.74) is 13.1. The van der Waals surface area contributed by atoms with E-state index in [4.69, 9.17) is 0 Å². The van der Waals surface area contributed by atoms with Crippen molar-refractivity contribution in [1.82, 2.24) is 4.57 Å². The van der Waals surface area contributed by atoms with Gasteiger partial charge in [-0.3, -0.25) is 0 Å². The van der Waals surface area contributed by atoms with Crippen LogP contribution < -0.4 is 5.32 Å². The number of para-hydroxylation sites is 3. The number of fused-ring (bicyclic) bond motifs is 3. The van der Waals surface area contributed by atoms with Gasteiger partial charge >= 0.3 is 0 Å². The molecule has 0 amide bonds. The Morgan fingerprint density at radius 2 is 1.06 bits per heavy atom. The highest BCUT2D eigenvalue weighted by Crippen LogP contribution is 2.42. The molecule has 5 heteroatoms. The third-order valence-corrected chi connectivity index (χ3v) is 9.47. The van der Waals surface area contributed by atoms with Gasteiger partial charge in [0.2, 0.25) is 0 Å². The highest BCUT2D eigenvalue weighted by Gasteiger charge is 2.19. The standard InChI is InChI=1S/C46H29N5/c1-30-10-2-3-11-35(30)37-12-4-7-15-43(37)50-44-16-8-5-13-38(44)41-24-31(27-47)18-22-36(41)40-26-34(21-20-33(40)29-49)51-45-17-9-6-14-39(45)42-25-32(28-48)19-23-46(42)51/h2-26,50H,1H3. The number of rotatable bonds is 6. The molecule has 0 saturated heterocycles. The second-order valence-corrected chi connectivity index (χ2v) is 12.4. The molecule has 0 atom stereocenters. The van der Waals surface area contributed by atoms with E-state index in [0.29, 0.717) is 16.7 Å². The molecule has 238 valence electrons. The molecule has 0 aliphatic heterocycles. The number of hydrogen-bond donors (Lipinski definition) is 1. The van der Waals surface area contributed by atoms with Crippen LogP contribution >= 0.6 is 0 Å². The van der Waals surface area contributed by atoms with Gasteiger partial charge in [0.05, 0.1) is 45.9 Å². The molecule has 0 unspecified atom stereocenters. The van der Waals surface area contributed by atoms with Crippen molar-refractivity contribution in [3.05, 3.63) is 174 Å². The molecule has 8 rings (SSSR count). The Hall–Kier alpha value is -7.39. The second kappa shape index (κ2) is 12.9. The van der Waals surface area contributed by atoms with Crippen LogP contribution in [0, 0.1) is 40.9 Å². The van der Waals surface area contributed by atoms with Crippen LogP contribution in [0.1, 0.15) is 22.3 Å². The minimum Gasteiger partial charge on any atom is -0.355 e. The van der Waals surface area contributed by atoms with Crippen molar-refractivity contribution in [2.75, 3.05) is 5.32 Å². The van der Waals surface area contributed by atoms with Crippen LogP contribution in [0.5, 0.6) is 0 Å². The van der Waals surface area contributed by atoms with Crippen LogP contribution in [-0.4, -0.2) is 4.57 Å². The largest absolute Gasteiger partial charge is 0.355 e. The second-order valence-electron chi connectivity index (χ2n) is 12.4. The number of aromatic nitrogens is 1. The summed E-state index contributed by atoms with van der Waals surface area (Å²) in [6.45, 7) is 2.11. The van der Waals surface area contributed by atoms with Gasteiger partial charge in [-0.1, -0.05) is 84.9 Å². The molecule has 5 nitrogen and oxygen atoms in total. The minimum absolute atomic E-state index is 0.521. The summed E-state index contributed by atoms with van der Waals surface area (Å²) in [7, 11) is 0. The molecule has 1 aromatic heterocycles. The fourth-order valence-corrected chi connectivity index (χ4v) is 7.06. The molecule has 0 aliphatic carbocycles. The fourth-order valence-electron chi connectivity index (χ4n) is 7.06. The first-order valence-corrected chi connectivity index (χ1v) is 16.6. The molecule has 0 spiro atoms. The van der Waals surface area contributed by atoms with Crippen LogP contribution in [0.4, 0.5) is 11.4 Å². The van der Waals surface area contributed by atoms with E-state index in [2.05, 4.69) is 83.5 Å². The Morgan fingerprint density at radius 3 is 1.78 bits per heavy atom. The molecule has 0 radical (unpaired) electrons. The lowest BCUT2D eigenvalue weighted by atomic mass is 9.89. The highest BCUT2D eigenvalue weighted by atomic mass is 15.0. The minimum atomic E-state index is 0.521. The van der Waals surface area contributed by atoms with Gasteiger partial charge in [0, 0.05) is 44.5 Å². The van der Waals surface area contributed by atoms with E-state index in [1.54, 1.807) is 6.07 Å². The summed E-state index contributed by atoms with van der Waals surface area (Å²) >= 11 is 0. The molecule has 0 fully saturated rings. The summed E-state index contributed by atoms with van der Waals surface area (Å²) in [4.78, 5) is 0. The van der Waals surface area contributed by atoms with E-state index in [0.717, 1.165) is 72.2 Å². The van der Waals surface area contributed by atoms with Crippen molar-refractivity contribution in [1.29, 1.82) is 15.8 Å². The van der Waals surface area contributed by atoms with Gasteiger partial charge in [-0.15, -0.1) is 0 Å². The maximum absolute atomic E-state index is 10.4. The van der Waals surface area contributed by atoms with Gasteiger partial charge in [0.25, 0.3) is 0 Å². The topological polar surface area (TPSA) is 88.3 Å². The van der Waals surface area contributed by atoms with E-state index in [1.165, 1.54) is 5.56 Å². The first kappa shape index (κ1) is 30.9. The lowest BCUT2D eigenvalue weighted by Gasteiger charge is -2.19. The molecular formula is C46H29N5. The number of nitrogens with one attached hydrogen (secondary N) is 1. The van der Waals surface area contributed by atoms with Gasteiger partial charge in [-0.2, -0.15) is 15.8 Å². The number of nitriles is 3. The lowest BCUT2D eigenvalue weighted by Crippen LogP contribution is -1.99. The Bertz CT molecular complexity index is 2780. The van der Waals surface area contributed by atoms with Crippen molar-refractivity contribution < 1.29 is 0 Å². The van der Waals surface area contributed by atoms with Gasteiger partial charge in [0.15, 0.2) is 0 Å². The smallest absolute Gasteiger partial charge is 0.0998 e. The molecular weight excluding hydrogens is 623 g/mol. The summed E-state index contributed by atoms with van der Waals surface area (Å²) < 4.78 is 2.18. The van der Waals surface area contributed by atoms with Crippen LogP contribution in [0.25, 0.3) is 60.9 Å². The Labute approximate surface area is 296 Å². The monoisotopic (exact) mass is 651 g/mol. The van der Waals surface area contributed by atoms with Crippen LogP contribution in [0.3, 0.4) is 0 Å². The predicted molar refractivity (Wildman–Crippen MR) is 206 cm³/mol. The number of anilines is 2. The fraction of sp³-hybridized carbons (Fsp3) is 0.0217. The Kier molecular flexibility index (Phi) is 7.82. The predicted octanol–water partition coefficient (Wildman–Crippen LogP) is 11.5. The third-order valence-electron chi connectivity index (χ3n) is 9.47. The van der Waals surface area contributed by atoms with E-state index in [-0.39, 0.29) is 0 Å². The van der Waals surface area contributed by atoms with Gasteiger partial charge in [-0.25, -0.2) is 0 Å². The number of aryl methyl sites for hydroxylation is 1. The zero-order chi connectivity index (χ0) is 34.9. The number of nitrogens with zero attached hydrogens (tertiary/aromatic N) is 4. The molecule has 1 N–H and O–H groups in total. The summed E-state index contributed by atoms with van der Waals surface area (Å²) in [6, 6.07) is 57.1. The molecule has 8 aromatic rings. The average molecular weight is 652 g/mol. The molecule has 0 saturated carbocycles. The average Bonchev–Trinajstić information content (AvgIpc) is 3.51. The Balaban J connectivity index is 1.32. The van der Waals surface area contributed by atoms with Gasteiger partial charge in [-0.05, 0) is 95.9 Å². The first-order chi connectivity index (χ1) is 25.1.